The van der Waals surface area contributed by atoms with Gasteiger partial charge in [-0.05, 0) is 56.3 Å². The van der Waals surface area contributed by atoms with Crippen LogP contribution in [0.4, 0.5) is 10.1 Å². The van der Waals surface area contributed by atoms with Crippen LogP contribution in [0, 0.1) is 5.82 Å². The number of hydrogen-bond acceptors (Lipinski definition) is 5. The van der Waals surface area contributed by atoms with E-state index in [1.165, 1.54) is 61.4 Å². The Bertz CT molecular complexity index is 1320. The second kappa shape index (κ2) is 12.4. The van der Waals surface area contributed by atoms with Crippen LogP contribution in [0.15, 0.2) is 83.8 Å². The molecular weight excluding hydrogens is 497 g/mol. The molecule has 0 aliphatic rings. The third-order valence-corrected chi connectivity index (χ3v) is 7.58. The Morgan fingerprint density at radius 2 is 1.59 bits per heavy atom. The minimum Gasteiger partial charge on any atom is -0.497 e. The van der Waals surface area contributed by atoms with E-state index in [1.807, 2.05) is 0 Å². The van der Waals surface area contributed by atoms with Crippen molar-refractivity contribution < 1.29 is 27.1 Å². The van der Waals surface area contributed by atoms with E-state index in [4.69, 9.17) is 4.74 Å². The number of halogens is 1. The highest BCUT2D eigenvalue weighted by Crippen LogP contribution is 2.26. The highest BCUT2D eigenvalue weighted by molar-refractivity contribution is 7.92. The summed E-state index contributed by atoms with van der Waals surface area (Å²) in [6.45, 7) is 2.78. The van der Waals surface area contributed by atoms with Gasteiger partial charge in [0.25, 0.3) is 10.0 Å². The third-order valence-electron chi connectivity index (χ3n) is 5.79. The zero-order chi connectivity index (χ0) is 27.0. The van der Waals surface area contributed by atoms with E-state index >= 15 is 0 Å². The smallest absolute Gasteiger partial charge is 0.264 e. The Labute approximate surface area is 216 Å². The van der Waals surface area contributed by atoms with Crippen LogP contribution in [-0.4, -0.2) is 51.4 Å². The van der Waals surface area contributed by atoms with Gasteiger partial charge in [-0.25, -0.2) is 12.8 Å². The molecule has 3 rings (SSSR count). The van der Waals surface area contributed by atoms with Crippen molar-refractivity contribution in [2.45, 2.75) is 31.3 Å². The van der Waals surface area contributed by atoms with Crippen LogP contribution >= 0.6 is 0 Å². The maximum Gasteiger partial charge on any atom is 0.264 e. The average molecular weight is 528 g/mol. The van der Waals surface area contributed by atoms with Gasteiger partial charge in [0.2, 0.25) is 11.8 Å². The summed E-state index contributed by atoms with van der Waals surface area (Å²) < 4.78 is 47.9. The van der Waals surface area contributed by atoms with Crippen molar-refractivity contribution in [1.82, 2.24) is 10.2 Å². The van der Waals surface area contributed by atoms with E-state index in [0.717, 1.165) is 4.31 Å². The number of anilines is 1. The van der Waals surface area contributed by atoms with E-state index in [-0.39, 0.29) is 22.7 Å². The lowest BCUT2D eigenvalue weighted by molar-refractivity contribution is -0.139. The van der Waals surface area contributed by atoms with Gasteiger partial charge in [0, 0.05) is 18.7 Å². The number of methoxy groups -OCH3 is 1. The number of hydrogen-bond donors (Lipinski definition) is 1. The first-order valence-electron chi connectivity index (χ1n) is 11.7. The van der Waals surface area contributed by atoms with E-state index in [2.05, 4.69) is 5.32 Å². The quantitative estimate of drug-likeness (QED) is 0.411. The first-order chi connectivity index (χ1) is 17.7. The number of benzene rings is 3. The normalized spacial score (nSPS) is 11.9. The van der Waals surface area contributed by atoms with Crippen molar-refractivity contribution in [3.8, 4) is 5.75 Å². The summed E-state index contributed by atoms with van der Waals surface area (Å²) in [5, 5.41) is 2.66. The second-order valence-electron chi connectivity index (χ2n) is 8.21. The number of amides is 2. The van der Waals surface area contributed by atoms with Crippen LogP contribution < -0.4 is 14.4 Å². The zero-order valence-corrected chi connectivity index (χ0v) is 21.7. The molecule has 3 aromatic rings. The van der Waals surface area contributed by atoms with Gasteiger partial charge in [-0.3, -0.25) is 13.9 Å². The Kier molecular flexibility index (Phi) is 9.24. The SMILES string of the molecule is CCNC(=O)[C@H](C)N(Cc1ccccc1F)C(=O)CN(c1ccc(OC)cc1)S(=O)(=O)c1ccccc1. The molecule has 3 aromatic carbocycles. The van der Waals surface area contributed by atoms with Crippen molar-refractivity contribution in [2.24, 2.45) is 0 Å². The van der Waals surface area contributed by atoms with Gasteiger partial charge in [0.15, 0.2) is 0 Å². The minimum absolute atomic E-state index is 0.00366. The molecule has 10 heteroatoms. The number of rotatable bonds is 11. The molecular formula is C27H30FN3O5S. The molecule has 1 atom stereocenters. The molecule has 1 N–H and O–H groups in total. The predicted molar refractivity (Wildman–Crippen MR) is 139 cm³/mol. The van der Waals surface area contributed by atoms with Crippen molar-refractivity contribution in [3.63, 3.8) is 0 Å². The van der Waals surface area contributed by atoms with Crippen LogP contribution in [0.2, 0.25) is 0 Å². The van der Waals surface area contributed by atoms with Gasteiger partial charge in [-0.2, -0.15) is 0 Å². The van der Waals surface area contributed by atoms with E-state index in [1.54, 1.807) is 43.3 Å². The van der Waals surface area contributed by atoms with Crippen LogP contribution in [0.5, 0.6) is 5.75 Å². The minimum atomic E-state index is -4.17. The standard InChI is InChI=1S/C27H30FN3O5S/c1-4-29-27(33)20(2)30(18-21-10-8-9-13-25(21)28)26(32)19-31(22-14-16-23(36-3)17-15-22)37(34,35)24-11-6-5-7-12-24/h5-17,20H,4,18-19H2,1-3H3,(H,29,33)/t20-/m0/s1. The number of nitrogens with one attached hydrogen (secondary N) is 1. The molecule has 0 aromatic heterocycles. The van der Waals surface area contributed by atoms with Crippen molar-refractivity contribution in [1.29, 1.82) is 0 Å². The summed E-state index contributed by atoms with van der Waals surface area (Å²) >= 11 is 0. The van der Waals surface area contributed by atoms with Gasteiger partial charge in [0.05, 0.1) is 17.7 Å². The van der Waals surface area contributed by atoms with E-state index in [0.29, 0.717) is 12.3 Å². The lowest BCUT2D eigenvalue weighted by Crippen LogP contribution is -2.51. The lowest BCUT2D eigenvalue weighted by Gasteiger charge is -2.32. The van der Waals surface area contributed by atoms with Gasteiger partial charge in [-0.1, -0.05) is 36.4 Å². The molecule has 196 valence electrons. The largest absolute Gasteiger partial charge is 0.497 e. The molecule has 0 saturated heterocycles. The van der Waals surface area contributed by atoms with Crippen LogP contribution in [-0.2, 0) is 26.2 Å². The molecule has 8 nitrogen and oxygen atoms in total. The van der Waals surface area contributed by atoms with Gasteiger partial charge in [-0.15, -0.1) is 0 Å². The maximum atomic E-state index is 14.5. The summed E-state index contributed by atoms with van der Waals surface area (Å²) in [7, 11) is -2.68. The van der Waals surface area contributed by atoms with Crippen LogP contribution in [0.25, 0.3) is 0 Å². The summed E-state index contributed by atoms with van der Waals surface area (Å²) in [6, 6.07) is 18.9. The van der Waals surface area contributed by atoms with E-state index < -0.39 is 40.2 Å². The van der Waals surface area contributed by atoms with Gasteiger partial charge < -0.3 is 15.0 Å². The molecule has 0 aliphatic carbocycles. The third kappa shape index (κ3) is 6.65. The monoisotopic (exact) mass is 527 g/mol. The fourth-order valence-corrected chi connectivity index (χ4v) is 5.15. The van der Waals surface area contributed by atoms with Crippen LogP contribution in [0.3, 0.4) is 0 Å². The van der Waals surface area contributed by atoms with Crippen molar-refractivity contribution in [3.05, 3.63) is 90.2 Å². The maximum absolute atomic E-state index is 14.5. The van der Waals surface area contributed by atoms with E-state index in [9.17, 15) is 22.4 Å². The topological polar surface area (TPSA) is 96.0 Å². The molecule has 0 spiro atoms. The molecule has 0 heterocycles. The Hall–Kier alpha value is -3.92. The highest BCUT2D eigenvalue weighted by atomic mass is 32.2. The molecule has 0 bridgehead atoms. The number of carbonyl (C=O) groups excluding carboxylic acids is 2. The second-order valence-corrected chi connectivity index (χ2v) is 10.1. The molecule has 0 aliphatic heterocycles. The number of likely N-dealkylation sites (N-methyl/N-ethyl adjacent to an activating group) is 1. The van der Waals surface area contributed by atoms with Crippen molar-refractivity contribution >= 4 is 27.5 Å². The van der Waals surface area contributed by atoms with Gasteiger partial charge >= 0.3 is 0 Å². The molecule has 37 heavy (non-hydrogen) atoms. The summed E-state index contributed by atoms with van der Waals surface area (Å²) in [6.07, 6.45) is 0. The van der Waals surface area contributed by atoms with Crippen molar-refractivity contribution in [2.75, 3.05) is 24.5 Å². The molecule has 0 fully saturated rings. The fourth-order valence-electron chi connectivity index (χ4n) is 3.71. The first kappa shape index (κ1) is 27.7. The Morgan fingerprint density at radius 1 is 0.973 bits per heavy atom. The summed E-state index contributed by atoms with van der Waals surface area (Å²) in [4.78, 5) is 27.5. The highest BCUT2D eigenvalue weighted by Gasteiger charge is 2.32. The molecule has 2 amide bonds. The summed E-state index contributed by atoms with van der Waals surface area (Å²) in [5.41, 5.74) is 0.434. The predicted octanol–water partition coefficient (Wildman–Crippen LogP) is 3.58. The van der Waals surface area contributed by atoms with Gasteiger partial charge in [0.1, 0.15) is 24.2 Å². The summed E-state index contributed by atoms with van der Waals surface area (Å²) in [5.74, 6) is -1.13. The van der Waals surface area contributed by atoms with Crippen LogP contribution in [0.1, 0.15) is 19.4 Å². The number of sulfonamides is 1. The number of ether oxygens (including phenoxy) is 1. The fraction of sp³-hybridized carbons (Fsp3) is 0.259. The average Bonchev–Trinajstić information content (AvgIpc) is 2.91. The molecule has 0 radical (unpaired) electrons. The zero-order valence-electron chi connectivity index (χ0n) is 20.9. The number of nitrogens with zero attached hydrogens (tertiary/aromatic N) is 2. The Morgan fingerprint density at radius 3 is 2.19 bits per heavy atom. The number of carbonyl (C=O) groups is 2. The molecule has 0 unspecified atom stereocenters. The first-order valence-corrected chi connectivity index (χ1v) is 13.2. The Balaban J connectivity index is 2.03. The lowest BCUT2D eigenvalue weighted by atomic mass is 10.1. The molecule has 0 saturated carbocycles.